The van der Waals surface area contributed by atoms with Gasteiger partial charge in [0.2, 0.25) is 0 Å². The zero-order valence-corrected chi connectivity index (χ0v) is 10.9. The van der Waals surface area contributed by atoms with Crippen molar-refractivity contribution in [1.29, 1.82) is 0 Å². The minimum absolute atomic E-state index is 0.961. The first-order chi connectivity index (χ1) is 8.40. The van der Waals surface area contributed by atoms with E-state index in [2.05, 4.69) is 60.4 Å². The van der Waals surface area contributed by atoms with Crippen molar-refractivity contribution in [2.45, 2.75) is 12.8 Å². The number of hydrogen-bond donors (Lipinski definition) is 2. The fourth-order valence-corrected chi connectivity index (χ4v) is 2.11. The third-order valence-electron chi connectivity index (χ3n) is 2.92. The fraction of sp³-hybridized carbons (Fsp3) is 0.333. The topological polar surface area (TPSA) is 12.0 Å². The molecule has 0 aliphatic heterocycles. The number of rotatable bonds is 6. The van der Waals surface area contributed by atoms with Crippen molar-refractivity contribution >= 4 is 23.4 Å². The Morgan fingerprint density at radius 2 is 1.76 bits per heavy atom. The molecule has 2 heteroatoms. The quantitative estimate of drug-likeness (QED) is 0.588. The summed E-state index contributed by atoms with van der Waals surface area (Å²) in [6, 6.07) is 15.2. The van der Waals surface area contributed by atoms with Crippen LogP contribution in [0.5, 0.6) is 0 Å². The molecule has 0 bridgehead atoms. The van der Waals surface area contributed by atoms with Crippen molar-refractivity contribution in [3.05, 3.63) is 48.0 Å². The molecule has 2 rings (SSSR count). The van der Waals surface area contributed by atoms with Crippen LogP contribution in [0.15, 0.2) is 42.5 Å². The highest BCUT2D eigenvalue weighted by molar-refractivity contribution is 7.80. The van der Waals surface area contributed by atoms with Gasteiger partial charge in [0, 0.05) is 0 Å². The summed E-state index contributed by atoms with van der Waals surface area (Å²) in [5.74, 6) is 0.961. The maximum absolute atomic E-state index is 4.19. The lowest BCUT2D eigenvalue weighted by Crippen LogP contribution is -2.18. The van der Waals surface area contributed by atoms with Crippen LogP contribution in [0.2, 0.25) is 0 Å². The first-order valence-corrected chi connectivity index (χ1v) is 6.82. The van der Waals surface area contributed by atoms with E-state index < -0.39 is 0 Å². The van der Waals surface area contributed by atoms with Crippen LogP contribution >= 0.6 is 12.6 Å². The predicted octanol–water partition coefficient (Wildman–Crippen LogP) is 3.29. The molecule has 2 aromatic rings. The molecule has 1 nitrogen and oxygen atoms in total. The molecule has 0 fully saturated rings. The van der Waals surface area contributed by atoms with E-state index in [1.165, 1.54) is 16.3 Å². The van der Waals surface area contributed by atoms with Gasteiger partial charge in [0.05, 0.1) is 0 Å². The standard InChI is InChI=1S/C15H19NS/c17-11-3-9-16-10-8-13-6-7-14-4-1-2-5-15(14)12-13/h1-2,4-7,12,16-17H,3,8-11H2. The lowest BCUT2D eigenvalue weighted by molar-refractivity contribution is 0.675. The first-order valence-electron chi connectivity index (χ1n) is 6.19. The van der Waals surface area contributed by atoms with Gasteiger partial charge in [0.1, 0.15) is 0 Å². The molecular formula is C15H19NS. The molecule has 0 saturated heterocycles. The lowest BCUT2D eigenvalue weighted by atomic mass is 10.1. The van der Waals surface area contributed by atoms with Crippen molar-refractivity contribution in [2.75, 3.05) is 18.8 Å². The second-order valence-corrected chi connectivity index (χ2v) is 4.71. The van der Waals surface area contributed by atoms with Crippen LogP contribution in [0.25, 0.3) is 10.8 Å². The number of fused-ring (bicyclic) bond motifs is 1. The Morgan fingerprint density at radius 3 is 2.59 bits per heavy atom. The number of thiol groups is 1. The highest BCUT2D eigenvalue weighted by atomic mass is 32.1. The van der Waals surface area contributed by atoms with Gasteiger partial charge in [-0.05, 0) is 48.0 Å². The summed E-state index contributed by atoms with van der Waals surface area (Å²) in [7, 11) is 0. The molecule has 90 valence electrons. The van der Waals surface area contributed by atoms with Crippen LogP contribution in [0.1, 0.15) is 12.0 Å². The van der Waals surface area contributed by atoms with E-state index in [1.807, 2.05) is 0 Å². The molecule has 0 amide bonds. The van der Waals surface area contributed by atoms with Crippen LogP contribution in [0.3, 0.4) is 0 Å². The van der Waals surface area contributed by atoms with E-state index in [9.17, 15) is 0 Å². The average molecular weight is 245 g/mol. The summed E-state index contributed by atoms with van der Waals surface area (Å²) in [4.78, 5) is 0. The molecule has 0 aliphatic rings. The number of benzene rings is 2. The van der Waals surface area contributed by atoms with Crippen LogP contribution in [0, 0.1) is 0 Å². The monoisotopic (exact) mass is 245 g/mol. The summed E-state index contributed by atoms with van der Waals surface area (Å²) in [5.41, 5.74) is 1.40. The van der Waals surface area contributed by atoms with Crippen molar-refractivity contribution in [1.82, 2.24) is 5.32 Å². The van der Waals surface area contributed by atoms with E-state index in [0.29, 0.717) is 0 Å². The third kappa shape index (κ3) is 3.76. The summed E-state index contributed by atoms with van der Waals surface area (Å²) >= 11 is 4.19. The molecular weight excluding hydrogens is 226 g/mol. The summed E-state index contributed by atoms with van der Waals surface area (Å²) in [5, 5.41) is 6.09. The Hall–Kier alpha value is -0.990. The molecule has 0 atom stereocenters. The molecule has 0 unspecified atom stereocenters. The second kappa shape index (κ2) is 6.67. The summed E-state index contributed by atoms with van der Waals surface area (Å²) in [6.07, 6.45) is 2.23. The molecule has 0 aromatic heterocycles. The van der Waals surface area contributed by atoms with E-state index in [-0.39, 0.29) is 0 Å². The first kappa shape index (κ1) is 12.5. The normalized spacial score (nSPS) is 10.9. The van der Waals surface area contributed by atoms with Gasteiger partial charge in [0.15, 0.2) is 0 Å². The summed E-state index contributed by atoms with van der Waals surface area (Å²) < 4.78 is 0. The fourth-order valence-electron chi connectivity index (χ4n) is 1.96. The Morgan fingerprint density at radius 1 is 0.941 bits per heavy atom. The van der Waals surface area contributed by atoms with E-state index in [1.54, 1.807) is 0 Å². The van der Waals surface area contributed by atoms with Crippen LogP contribution in [-0.2, 0) is 6.42 Å². The van der Waals surface area contributed by atoms with Gasteiger partial charge < -0.3 is 5.32 Å². The minimum Gasteiger partial charge on any atom is -0.316 e. The van der Waals surface area contributed by atoms with Gasteiger partial charge in [0.25, 0.3) is 0 Å². The SMILES string of the molecule is SCCCNCCc1ccc2ccccc2c1. The Balaban J connectivity index is 1.90. The molecule has 0 radical (unpaired) electrons. The van der Waals surface area contributed by atoms with Crippen LogP contribution < -0.4 is 5.32 Å². The highest BCUT2D eigenvalue weighted by Gasteiger charge is 1.96. The van der Waals surface area contributed by atoms with E-state index in [4.69, 9.17) is 0 Å². The van der Waals surface area contributed by atoms with E-state index >= 15 is 0 Å². The predicted molar refractivity (Wildman–Crippen MR) is 79.0 cm³/mol. The van der Waals surface area contributed by atoms with Gasteiger partial charge in [-0.25, -0.2) is 0 Å². The summed E-state index contributed by atoms with van der Waals surface area (Å²) in [6.45, 7) is 2.11. The smallest absolute Gasteiger partial charge is 0.000834 e. The average Bonchev–Trinajstić information content (AvgIpc) is 2.38. The molecule has 0 saturated carbocycles. The molecule has 2 aromatic carbocycles. The van der Waals surface area contributed by atoms with Crippen LogP contribution in [0.4, 0.5) is 0 Å². The van der Waals surface area contributed by atoms with Crippen molar-refractivity contribution in [3.63, 3.8) is 0 Å². The largest absolute Gasteiger partial charge is 0.316 e. The molecule has 17 heavy (non-hydrogen) atoms. The maximum Gasteiger partial charge on any atom is -0.000834 e. The number of hydrogen-bond acceptors (Lipinski definition) is 2. The van der Waals surface area contributed by atoms with Gasteiger partial charge in [-0.2, -0.15) is 12.6 Å². The Bertz CT molecular complexity index is 467. The molecule has 1 N–H and O–H groups in total. The van der Waals surface area contributed by atoms with E-state index in [0.717, 1.165) is 31.7 Å². The second-order valence-electron chi connectivity index (χ2n) is 4.26. The van der Waals surface area contributed by atoms with Crippen molar-refractivity contribution < 1.29 is 0 Å². The Kier molecular flexibility index (Phi) is 4.89. The lowest BCUT2D eigenvalue weighted by Gasteiger charge is -2.05. The molecule has 0 heterocycles. The molecule has 0 spiro atoms. The number of nitrogens with one attached hydrogen (secondary N) is 1. The molecule has 0 aliphatic carbocycles. The van der Waals surface area contributed by atoms with Crippen LogP contribution in [-0.4, -0.2) is 18.8 Å². The third-order valence-corrected chi connectivity index (χ3v) is 3.23. The van der Waals surface area contributed by atoms with Gasteiger partial charge in [-0.15, -0.1) is 0 Å². The highest BCUT2D eigenvalue weighted by Crippen LogP contribution is 2.15. The zero-order chi connectivity index (χ0) is 11.9. The van der Waals surface area contributed by atoms with Gasteiger partial charge in [-0.3, -0.25) is 0 Å². The van der Waals surface area contributed by atoms with Crippen molar-refractivity contribution in [2.24, 2.45) is 0 Å². The maximum atomic E-state index is 4.19. The minimum atomic E-state index is 0.961. The van der Waals surface area contributed by atoms with Gasteiger partial charge in [-0.1, -0.05) is 42.5 Å². The van der Waals surface area contributed by atoms with Crippen molar-refractivity contribution in [3.8, 4) is 0 Å². The Labute approximate surface area is 109 Å². The zero-order valence-electron chi connectivity index (χ0n) is 10.0. The van der Waals surface area contributed by atoms with Gasteiger partial charge >= 0.3 is 0 Å².